The van der Waals surface area contributed by atoms with Gasteiger partial charge in [-0.25, -0.2) is 0 Å². The van der Waals surface area contributed by atoms with Crippen LogP contribution in [0.3, 0.4) is 0 Å². The maximum atomic E-state index is 9.47. The maximum Gasteiger partial charge on any atom is 0.0895 e. The predicted molar refractivity (Wildman–Crippen MR) is 124 cm³/mol. The topological polar surface area (TPSA) is 29.5 Å². The molecule has 0 bridgehead atoms. The first-order valence-corrected chi connectivity index (χ1v) is 13.3. The summed E-state index contributed by atoms with van der Waals surface area (Å²) >= 11 is 1.96. The zero-order valence-electron chi connectivity index (χ0n) is 18.7. The average molecular weight is 403 g/mol. The molecule has 1 unspecified atom stereocenters. The molecule has 0 rings (SSSR count). The number of unbranched alkanes of at least 4 members (excludes halogenated alkanes) is 15. The van der Waals surface area contributed by atoms with Gasteiger partial charge in [0.2, 0.25) is 0 Å². The third kappa shape index (κ3) is 22.4. The molecule has 0 aliphatic heterocycles. The molecule has 0 amide bonds. The summed E-state index contributed by atoms with van der Waals surface area (Å²) in [6.45, 7) is 5.53. The van der Waals surface area contributed by atoms with Crippen molar-refractivity contribution in [1.82, 2.24) is 0 Å². The number of thioether (sulfide) groups is 1. The fourth-order valence-electron chi connectivity index (χ4n) is 3.37. The molecule has 27 heavy (non-hydrogen) atoms. The van der Waals surface area contributed by atoms with Gasteiger partial charge in [0.05, 0.1) is 12.7 Å². The van der Waals surface area contributed by atoms with Gasteiger partial charge in [-0.05, 0) is 18.6 Å². The van der Waals surface area contributed by atoms with Crippen LogP contribution < -0.4 is 0 Å². The van der Waals surface area contributed by atoms with E-state index in [9.17, 15) is 5.11 Å². The summed E-state index contributed by atoms with van der Waals surface area (Å²) in [6.07, 6.45) is 23.2. The van der Waals surface area contributed by atoms with Gasteiger partial charge in [-0.2, -0.15) is 11.8 Å². The van der Waals surface area contributed by atoms with E-state index >= 15 is 0 Å². The van der Waals surface area contributed by atoms with Crippen molar-refractivity contribution in [2.45, 2.75) is 129 Å². The highest BCUT2D eigenvalue weighted by Crippen LogP contribution is 2.14. The number of hydrogen-bond acceptors (Lipinski definition) is 3. The average Bonchev–Trinajstić information content (AvgIpc) is 2.69. The molecule has 0 saturated carbocycles. The van der Waals surface area contributed by atoms with Crippen molar-refractivity contribution in [1.29, 1.82) is 0 Å². The zero-order valence-corrected chi connectivity index (χ0v) is 19.5. The van der Waals surface area contributed by atoms with Gasteiger partial charge in [0.15, 0.2) is 0 Å². The van der Waals surface area contributed by atoms with Crippen molar-refractivity contribution >= 4 is 11.8 Å². The van der Waals surface area contributed by atoms with Crippen LogP contribution in [0.15, 0.2) is 0 Å². The van der Waals surface area contributed by atoms with Crippen LogP contribution in [-0.4, -0.2) is 35.9 Å². The van der Waals surface area contributed by atoms with Crippen LogP contribution in [0.2, 0.25) is 0 Å². The van der Waals surface area contributed by atoms with Crippen LogP contribution in [0.5, 0.6) is 0 Å². The molecule has 0 aromatic rings. The molecule has 1 atom stereocenters. The van der Waals surface area contributed by atoms with Crippen LogP contribution >= 0.6 is 11.8 Å². The standard InChI is InChI=1S/C24H50O2S/c1-3-5-7-9-11-13-15-17-19-21-27-23-24(22-25)26-20-18-16-14-12-10-8-6-4-2/h24-25H,3-23H2,1-2H3. The molecular formula is C24H50O2S. The third-order valence-corrected chi connectivity index (χ3v) is 6.44. The Balaban J connectivity index is 3.27. The number of ether oxygens (including phenoxy) is 1. The van der Waals surface area contributed by atoms with E-state index in [0.717, 1.165) is 18.8 Å². The van der Waals surface area contributed by atoms with Crippen molar-refractivity contribution in [2.75, 3.05) is 24.7 Å². The molecule has 2 nitrogen and oxygen atoms in total. The molecule has 1 N–H and O–H groups in total. The molecule has 0 aliphatic rings. The summed E-state index contributed by atoms with van der Waals surface area (Å²) in [6, 6.07) is 0. The number of rotatable bonds is 23. The fraction of sp³-hybridized carbons (Fsp3) is 1.00. The lowest BCUT2D eigenvalue weighted by Gasteiger charge is -2.15. The Bertz CT molecular complexity index is 261. The van der Waals surface area contributed by atoms with Crippen molar-refractivity contribution in [2.24, 2.45) is 0 Å². The molecule has 0 spiro atoms. The molecular weight excluding hydrogens is 352 g/mol. The Morgan fingerprint density at radius 2 is 1.07 bits per heavy atom. The van der Waals surface area contributed by atoms with Gasteiger partial charge in [0.25, 0.3) is 0 Å². The Kier molecular flexibility index (Phi) is 24.6. The molecule has 0 aliphatic carbocycles. The lowest BCUT2D eigenvalue weighted by Crippen LogP contribution is -2.21. The Hall–Kier alpha value is 0.270. The van der Waals surface area contributed by atoms with Crippen LogP contribution in [0, 0.1) is 0 Å². The minimum atomic E-state index is 0.0399. The second-order valence-electron chi connectivity index (χ2n) is 8.05. The summed E-state index contributed by atoms with van der Waals surface area (Å²) in [4.78, 5) is 0. The Morgan fingerprint density at radius 1 is 0.630 bits per heavy atom. The fourth-order valence-corrected chi connectivity index (χ4v) is 4.41. The highest BCUT2D eigenvalue weighted by Gasteiger charge is 2.07. The molecule has 0 aromatic carbocycles. The van der Waals surface area contributed by atoms with Crippen LogP contribution in [-0.2, 0) is 4.74 Å². The van der Waals surface area contributed by atoms with Gasteiger partial charge in [-0.1, -0.05) is 110 Å². The number of aliphatic hydroxyl groups excluding tert-OH is 1. The third-order valence-electron chi connectivity index (χ3n) is 5.25. The summed E-state index contributed by atoms with van der Waals surface area (Å²) in [5.41, 5.74) is 0. The van der Waals surface area contributed by atoms with Crippen LogP contribution in [0.4, 0.5) is 0 Å². The first-order chi connectivity index (χ1) is 13.3. The van der Waals surface area contributed by atoms with Gasteiger partial charge in [0, 0.05) is 12.4 Å². The molecule has 164 valence electrons. The second-order valence-corrected chi connectivity index (χ2v) is 9.20. The van der Waals surface area contributed by atoms with Crippen LogP contribution in [0.25, 0.3) is 0 Å². The second kappa shape index (κ2) is 24.3. The first-order valence-electron chi connectivity index (χ1n) is 12.1. The van der Waals surface area contributed by atoms with E-state index in [2.05, 4.69) is 13.8 Å². The van der Waals surface area contributed by atoms with E-state index in [1.54, 1.807) is 0 Å². The van der Waals surface area contributed by atoms with Gasteiger partial charge < -0.3 is 9.84 Å². The maximum absolute atomic E-state index is 9.47. The van der Waals surface area contributed by atoms with Crippen molar-refractivity contribution in [3.8, 4) is 0 Å². The Labute approximate surface area is 175 Å². The molecule has 0 heterocycles. The monoisotopic (exact) mass is 402 g/mol. The number of aliphatic hydroxyl groups is 1. The van der Waals surface area contributed by atoms with E-state index < -0.39 is 0 Å². The lowest BCUT2D eigenvalue weighted by atomic mass is 10.1. The molecule has 0 saturated heterocycles. The first kappa shape index (κ1) is 27.3. The summed E-state index contributed by atoms with van der Waals surface area (Å²) in [5.74, 6) is 2.16. The highest BCUT2D eigenvalue weighted by atomic mass is 32.2. The van der Waals surface area contributed by atoms with Crippen molar-refractivity contribution in [3.05, 3.63) is 0 Å². The van der Waals surface area contributed by atoms with E-state index in [1.807, 2.05) is 11.8 Å². The molecule has 0 fully saturated rings. The quantitative estimate of drug-likeness (QED) is 0.177. The Morgan fingerprint density at radius 3 is 1.56 bits per heavy atom. The van der Waals surface area contributed by atoms with Gasteiger partial charge in [0.1, 0.15) is 0 Å². The molecule has 0 aromatic heterocycles. The van der Waals surface area contributed by atoms with Gasteiger partial charge in [-0.3, -0.25) is 0 Å². The highest BCUT2D eigenvalue weighted by molar-refractivity contribution is 7.99. The van der Waals surface area contributed by atoms with Gasteiger partial charge in [-0.15, -0.1) is 0 Å². The van der Waals surface area contributed by atoms with Crippen molar-refractivity contribution in [3.63, 3.8) is 0 Å². The minimum Gasteiger partial charge on any atom is -0.394 e. The largest absolute Gasteiger partial charge is 0.394 e. The minimum absolute atomic E-state index is 0.0399. The summed E-state index contributed by atoms with van der Waals surface area (Å²) in [5, 5.41) is 9.47. The van der Waals surface area contributed by atoms with Crippen LogP contribution in [0.1, 0.15) is 123 Å². The SMILES string of the molecule is CCCCCCCCCCCSCC(CO)OCCCCCCCCCC. The summed E-state index contributed by atoms with van der Waals surface area (Å²) < 4.78 is 5.86. The molecule has 0 radical (unpaired) electrons. The summed E-state index contributed by atoms with van der Waals surface area (Å²) in [7, 11) is 0. The molecule has 3 heteroatoms. The van der Waals surface area contributed by atoms with Crippen molar-refractivity contribution < 1.29 is 9.84 Å². The zero-order chi connectivity index (χ0) is 19.8. The van der Waals surface area contributed by atoms with E-state index in [-0.39, 0.29) is 12.7 Å². The van der Waals surface area contributed by atoms with E-state index in [1.165, 1.54) is 108 Å². The smallest absolute Gasteiger partial charge is 0.0895 e. The number of hydrogen-bond donors (Lipinski definition) is 1. The van der Waals surface area contributed by atoms with E-state index in [0.29, 0.717) is 0 Å². The normalized spacial score (nSPS) is 12.6. The predicted octanol–water partition coefficient (Wildman–Crippen LogP) is 7.77. The van der Waals surface area contributed by atoms with Gasteiger partial charge >= 0.3 is 0 Å². The lowest BCUT2D eigenvalue weighted by molar-refractivity contribution is 0.0260. The van der Waals surface area contributed by atoms with E-state index in [4.69, 9.17) is 4.74 Å².